The largest absolute Gasteiger partial charge is 0.467 e. The van der Waals surface area contributed by atoms with E-state index in [1.807, 2.05) is 12.1 Å². The van der Waals surface area contributed by atoms with Gasteiger partial charge in [-0.05, 0) is 18.6 Å². The number of hydrogen-bond donors (Lipinski definition) is 2. The van der Waals surface area contributed by atoms with E-state index in [2.05, 4.69) is 32.7 Å². The van der Waals surface area contributed by atoms with Crippen LogP contribution in [-0.4, -0.2) is 21.7 Å². The van der Waals surface area contributed by atoms with Gasteiger partial charge in [-0.3, -0.25) is 0 Å². The van der Waals surface area contributed by atoms with Crippen LogP contribution in [0, 0.1) is 0 Å². The molecule has 0 atom stereocenters. The predicted molar refractivity (Wildman–Crippen MR) is 73.9 cm³/mol. The van der Waals surface area contributed by atoms with Gasteiger partial charge in [-0.2, -0.15) is 10.1 Å². The Kier molecular flexibility index (Phi) is 5.16. The molecule has 6 nitrogen and oxygen atoms in total. The number of anilines is 2. The van der Waals surface area contributed by atoms with Crippen molar-refractivity contribution in [3.05, 3.63) is 30.4 Å². The molecule has 0 radical (unpaired) electrons. The first kappa shape index (κ1) is 13.3. The third-order valence-corrected chi connectivity index (χ3v) is 2.65. The van der Waals surface area contributed by atoms with Crippen LogP contribution in [0.4, 0.5) is 11.8 Å². The van der Waals surface area contributed by atoms with Gasteiger partial charge >= 0.3 is 0 Å². The van der Waals surface area contributed by atoms with Crippen molar-refractivity contribution in [1.29, 1.82) is 0 Å². The fraction of sp³-hybridized carbons (Fsp3) is 0.462. The number of hydrogen-bond acceptors (Lipinski definition) is 6. The Hall–Kier alpha value is -2.11. The lowest BCUT2D eigenvalue weighted by molar-refractivity contribution is 0.517. The molecule has 0 bridgehead atoms. The summed E-state index contributed by atoms with van der Waals surface area (Å²) in [5.41, 5.74) is 0. The van der Waals surface area contributed by atoms with Crippen molar-refractivity contribution < 1.29 is 4.42 Å². The fourth-order valence-electron chi connectivity index (χ4n) is 1.63. The summed E-state index contributed by atoms with van der Waals surface area (Å²) in [5.74, 6) is 2.08. The Morgan fingerprint density at radius 1 is 1.26 bits per heavy atom. The zero-order chi connectivity index (χ0) is 13.3. The maximum atomic E-state index is 5.22. The highest BCUT2D eigenvalue weighted by molar-refractivity contribution is 5.36. The second kappa shape index (κ2) is 7.35. The molecule has 0 aliphatic carbocycles. The second-order valence-electron chi connectivity index (χ2n) is 4.23. The van der Waals surface area contributed by atoms with E-state index in [1.165, 1.54) is 12.8 Å². The zero-order valence-electron chi connectivity index (χ0n) is 11.1. The van der Waals surface area contributed by atoms with Gasteiger partial charge in [-0.25, -0.2) is 0 Å². The van der Waals surface area contributed by atoms with Crippen molar-refractivity contribution in [3.63, 3.8) is 0 Å². The van der Waals surface area contributed by atoms with Gasteiger partial charge in [0, 0.05) is 6.54 Å². The SMILES string of the molecule is CCCCCNc1cnnc(NCc2ccco2)n1. The van der Waals surface area contributed by atoms with Gasteiger partial charge < -0.3 is 15.1 Å². The van der Waals surface area contributed by atoms with Crippen molar-refractivity contribution in [2.24, 2.45) is 0 Å². The van der Waals surface area contributed by atoms with Crippen LogP contribution < -0.4 is 10.6 Å². The summed E-state index contributed by atoms with van der Waals surface area (Å²) >= 11 is 0. The Balaban J connectivity index is 1.81. The first-order chi connectivity index (χ1) is 9.38. The molecule has 2 aromatic rings. The van der Waals surface area contributed by atoms with Crippen LogP contribution in [0.1, 0.15) is 31.9 Å². The normalized spacial score (nSPS) is 10.4. The third-order valence-electron chi connectivity index (χ3n) is 2.65. The monoisotopic (exact) mass is 261 g/mol. The van der Waals surface area contributed by atoms with Gasteiger partial charge in [0.15, 0.2) is 0 Å². The van der Waals surface area contributed by atoms with E-state index in [-0.39, 0.29) is 0 Å². The van der Waals surface area contributed by atoms with E-state index in [0.717, 1.165) is 24.5 Å². The summed E-state index contributed by atoms with van der Waals surface area (Å²) in [4.78, 5) is 4.33. The lowest BCUT2D eigenvalue weighted by atomic mass is 10.2. The first-order valence-corrected chi connectivity index (χ1v) is 6.58. The zero-order valence-corrected chi connectivity index (χ0v) is 11.1. The van der Waals surface area contributed by atoms with Crippen LogP contribution in [0.2, 0.25) is 0 Å². The summed E-state index contributed by atoms with van der Waals surface area (Å²) in [6.45, 7) is 3.64. The molecule has 6 heteroatoms. The molecule has 0 aromatic carbocycles. The van der Waals surface area contributed by atoms with E-state index in [9.17, 15) is 0 Å². The predicted octanol–water partition coefficient (Wildman–Crippen LogP) is 2.68. The summed E-state index contributed by atoms with van der Waals surface area (Å²) in [7, 11) is 0. The smallest absolute Gasteiger partial charge is 0.245 e. The molecule has 0 spiro atoms. The van der Waals surface area contributed by atoms with Crippen LogP contribution in [0.15, 0.2) is 29.0 Å². The minimum absolute atomic E-state index is 0.497. The average Bonchev–Trinajstić information content (AvgIpc) is 2.95. The van der Waals surface area contributed by atoms with Crippen molar-refractivity contribution in [1.82, 2.24) is 15.2 Å². The summed E-state index contributed by atoms with van der Waals surface area (Å²) in [5, 5.41) is 14.2. The van der Waals surface area contributed by atoms with Gasteiger partial charge in [-0.15, -0.1) is 5.10 Å². The highest BCUT2D eigenvalue weighted by Crippen LogP contribution is 2.07. The van der Waals surface area contributed by atoms with Crippen molar-refractivity contribution in [2.45, 2.75) is 32.7 Å². The van der Waals surface area contributed by atoms with E-state index in [0.29, 0.717) is 12.5 Å². The number of nitrogens with one attached hydrogen (secondary N) is 2. The standard InChI is InChI=1S/C13H19N5O/c1-2-3-4-7-14-12-10-16-18-13(17-12)15-9-11-6-5-8-19-11/h5-6,8,10H,2-4,7,9H2,1H3,(H2,14,15,17,18). The molecule has 0 aliphatic heterocycles. The minimum atomic E-state index is 0.497. The highest BCUT2D eigenvalue weighted by atomic mass is 16.3. The molecule has 2 rings (SSSR count). The van der Waals surface area contributed by atoms with Gasteiger partial charge in [0.25, 0.3) is 0 Å². The van der Waals surface area contributed by atoms with E-state index < -0.39 is 0 Å². The lowest BCUT2D eigenvalue weighted by Gasteiger charge is -2.06. The molecule has 0 amide bonds. The van der Waals surface area contributed by atoms with Crippen molar-refractivity contribution in [3.8, 4) is 0 Å². The average molecular weight is 261 g/mol. The summed E-state index contributed by atoms with van der Waals surface area (Å²) in [6.07, 6.45) is 6.83. The van der Waals surface area contributed by atoms with Crippen LogP contribution >= 0.6 is 0 Å². The van der Waals surface area contributed by atoms with E-state index in [1.54, 1.807) is 12.5 Å². The second-order valence-corrected chi connectivity index (χ2v) is 4.23. The number of furan rings is 1. The Bertz CT molecular complexity index is 472. The molecular formula is C13H19N5O. The van der Waals surface area contributed by atoms with Crippen LogP contribution in [0.25, 0.3) is 0 Å². The van der Waals surface area contributed by atoms with Crippen molar-refractivity contribution >= 4 is 11.8 Å². The van der Waals surface area contributed by atoms with Crippen molar-refractivity contribution in [2.75, 3.05) is 17.2 Å². The number of aromatic nitrogens is 3. The lowest BCUT2D eigenvalue weighted by Crippen LogP contribution is -2.08. The molecule has 2 N–H and O–H groups in total. The molecule has 102 valence electrons. The Morgan fingerprint density at radius 2 is 2.21 bits per heavy atom. The summed E-state index contributed by atoms with van der Waals surface area (Å²) < 4.78 is 5.22. The molecular weight excluding hydrogens is 242 g/mol. The molecule has 0 saturated heterocycles. The number of unbranched alkanes of at least 4 members (excludes halogenated alkanes) is 2. The van der Waals surface area contributed by atoms with Gasteiger partial charge in [-0.1, -0.05) is 19.8 Å². The van der Waals surface area contributed by atoms with E-state index in [4.69, 9.17) is 4.42 Å². The number of rotatable bonds is 8. The Labute approximate surface area is 112 Å². The molecule has 0 fully saturated rings. The van der Waals surface area contributed by atoms with E-state index >= 15 is 0 Å². The Morgan fingerprint density at radius 3 is 3.00 bits per heavy atom. The molecule has 19 heavy (non-hydrogen) atoms. The highest BCUT2D eigenvalue weighted by Gasteiger charge is 2.01. The molecule has 2 heterocycles. The van der Waals surface area contributed by atoms with Crippen LogP contribution in [0.3, 0.4) is 0 Å². The van der Waals surface area contributed by atoms with Crippen LogP contribution in [-0.2, 0) is 6.54 Å². The van der Waals surface area contributed by atoms with Gasteiger partial charge in [0.2, 0.25) is 5.95 Å². The fourth-order valence-corrected chi connectivity index (χ4v) is 1.63. The topological polar surface area (TPSA) is 75.9 Å². The van der Waals surface area contributed by atoms with Crippen LogP contribution in [0.5, 0.6) is 0 Å². The van der Waals surface area contributed by atoms with Gasteiger partial charge in [0.1, 0.15) is 11.6 Å². The molecule has 0 unspecified atom stereocenters. The molecule has 2 aromatic heterocycles. The summed E-state index contributed by atoms with van der Waals surface area (Å²) in [6, 6.07) is 3.75. The molecule has 0 aliphatic rings. The quantitative estimate of drug-likeness (QED) is 0.711. The third kappa shape index (κ3) is 4.57. The first-order valence-electron chi connectivity index (χ1n) is 6.58. The van der Waals surface area contributed by atoms with Gasteiger partial charge in [0.05, 0.1) is 19.0 Å². The maximum Gasteiger partial charge on any atom is 0.245 e. The minimum Gasteiger partial charge on any atom is -0.467 e. The molecule has 0 saturated carbocycles. The maximum absolute atomic E-state index is 5.22. The number of nitrogens with zero attached hydrogens (tertiary/aromatic N) is 3.